The second-order valence-corrected chi connectivity index (χ2v) is 3.98. The van der Waals surface area contributed by atoms with Gasteiger partial charge in [-0.25, -0.2) is 4.79 Å². The van der Waals surface area contributed by atoms with Crippen LogP contribution in [0.1, 0.15) is 33.1 Å². The van der Waals surface area contributed by atoms with Crippen LogP contribution in [0, 0.1) is 11.8 Å². The van der Waals surface area contributed by atoms with E-state index in [0.717, 1.165) is 19.3 Å². The highest BCUT2D eigenvalue weighted by Crippen LogP contribution is 2.29. The maximum Gasteiger partial charge on any atom is 0.326 e. The average Bonchev–Trinajstić information content (AvgIpc) is 2.95. The van der Waals surface area contributed by atoms with Crippen LogP contribution in [0.5, 0.6) is 0 Å². The molecule has 4 nitrogen and oxygen atoms in total. The summed E-state index contributed by atoms with van der Waals surface area (Å²) in [5, 5.41) is 11.5. The third-order valence-corrected chi connectivity index (χ3v) is 2.72. The van der Waals surface area contributed by atoms with E-state index in [2.05, 4.69) is 5.32 Å². The Balaban J connectivity index is 2.49. The average molecular weight is 199 g/mol. The first-order chi connectivity index (χ1) is 6.56. The minimum atomic E-state index is -0.937. The summed E-state index contributed by atoms with van der Waals surface area (Å²) in [5.41, 5.74) is 0. The Kier molecular flexibility index (Phi) is 3.49. The molecule has 1 amide bonds. The van der Waals surface area contributed by atoms with Crippen LogP contribution in [0.2, 0.25) is 0 Å². The number of aliphatic carboxylic acids is 1. The predicted molar refractivity (Wildman–Crippen MR) is 51.7 cm³/mol. The molecule has 0 saturated heterocycles. The van der Waals surface area contributed by atoms with Gasteiger partial charge in [0.2, 0.25) is 5.91 Å². The molecule has 0 bridgehead atoms. The zero-order valence-electron chi connectivity index (χ0n) is 8.62. The summed E-state index contributed by atoms with van der Waals surface area (Å²) in [4.78, 5) is 22.2. The van der Waals surface area contributed by atoms with Crippen molar-refractivity contribution in [3.05, 3.63) is 0 Å². The maximum absolute atomic E-state index is 11.4. The standard InChI is InChI=1S/C10H17NO3/c1-3-6(2)8(10(13)14)11-9(12)7-4-5-7/h6-8H,3-5H2,1-2H3,(H,11,12)(H,13,14)/t6-,8-/m0/s1. The normalized spacial score (nSPS) is 19.9. The fraction of sp³-hybridized carbons (Fsp3) is 0.800. The molecule has 2 N–H and O–H groups in total. The lowest BCUT2D eigenvalue weighted by atomic mass is 9.99. The summed E-state index contributed by atoms with van der Waals surface area (Å²) in [5.74, 6) is -0.984. The number of hydrogen-bond acceptors (Lipinski definition) is 2. The Morgan fingerprint density at radius 1 is 1.50 bits per heavy atom. The number of amides is 1. The van der Waals surface area contributed by atoms with E-state index in [9.17, 15) is 9.59 Å². The van der Waals surface area contributed by atoms with E-state index in [4.69, 9.17) is 5.11 Å². The molecule has 1 saturated carbocycles. The van der Waals surface area contributed by atoms with Crippen LogP contribution in [0.15, 0.2) is 0 Å². The van der Waals surface area contributed by atoms with Gasteiger partial charge in [0.25, 0.3) is 0 Å². The van der Waals surface area contributed by atoms with Gasteiger partial charge in [-0.1, -0.05) is 20.3 Å². The highest BCUT2D eigenvalue weighted by Gasteiger charge is 2.33. The van der Waals surface area contributed by atoms with E-state index >= 15 is 0 Å². The molecule has 14 heavy (non-hydrogen) atoms. The lowest BCUT2D eigenvalue weighted by molar-refractivity contribution is -0.143. The largest absolute Gasteiger partial charge is 0.480 e. The van der Waals surface area contributed by atoms with Crippen molar-refractivity contribution in [2.24, 2.45) is 11.8 Å². The van der Waals surface area contributed by atoms with Crippen molar-refractivity contribution in [1.82, 2.24) is 5.32 Å². The predicted octanol–water partition coefficient (Wildman–Crippen LogP) is 1.01. The molecule has 1 rings (SSSR count). The van der Waals surface area contributed by atoms with E-state index in [0.29, 0.717) is 0 Å². The van der Waals surface area contributed by atoms with Crippen LogP contribution in [0.4, 0.5) is 0 Å². The zero-order chi connectivity index (χ0) is 10.7. The Hall–Kier alpha value is -1.06. The van der Waals surface area contributed by atoms with Gasteiger partial charge in [0, 0.05) is 5.92 Å². The summed E-state index contributed by atoms with van der Waals surface area (Å²) in [6.07, 6.45) is 2.55. The molecular weight excluding hydrogens is 182 g/mol. The molecule has 1 aliphatic carbocycles. The van der Waals surface area contributed by atoms with E-state index in [1.54, 1.807) is 0 Å². The van der Waals surface area contributed by atoms with E-state index in [1.807, 2.05) is 13.8 Å². The monoisotopic (exact) mass is 199 g/mol. The fourth-order valence-electron chi connectivity index (χ4n) is 1.30. The number of carbonyl (C=O) groups is 2. The van der Waals surface area contributed by atoms with E-state index in [1.165, 1.54) is 0 Å². The molecule has 0 aliphatic heterocycles. The minimum absolute atomic E-state index is 0.0183. The molecule has 0 aromatic heterocycles. The van der Waals surface area contributed by atoms with Crippen molar-refractivity contribution in [2.45, 2.75) is 39.2 Å². The summed E-state index contributed by atoms with van der Waals surface area (Å²) in [7, 11) is 0. The SMILES string of the molecule is CC[C@H](C)[C@H](NC(=O)C1CC1)C(=O)O. The maximum atomic E-state index is 11.4. The van der Waals surface area contributed by atoms with Gasteiger partial charge in [-0.15, -0.1) is 0 Å². The van der Waals surface area contributed by atoms with Gasteiger partial charge in [0.1, 0.15) is 6.04 Å². The topological polar surface area (TPSA) is 66.4 Å². The van der Waals surface area contributed by atoms with Gasteiger partial charge in [0.05, 0.1) is 0 Å². The van der Waals surface area contributed by atoms with Crippen LogP contribution in [-0.4, -0.2) is 23.0 Å². The van der Waals surface area contributed by atoms with Gasteiger partial charge in [-0.3, -0.25) is 4.79 Å². The Bertz CT molecular complexity index is 236. The van der Waals surface area contributed by atoms with E-state index < -0.39 is 12.0 Å². The molecular formula is C10H17NO3. The lowest BCUT2D eigenvalue weighted by Gasteiger charge is -2.19. The lowest BCUT2D eigenvalue weighted by Crippen LogP contribution is -2.45. The first-order valence-corrected chi connectivity index (χ1v) is 5.09. The Morgan fingerprint density at radius 3 is 2.43 bits per heavy atom. The third-order valence-electron chi connectivity index (χ3n) is 2.72. The molecule has 0 aromatic rings. The van der Waals surface area contributed by atoms with Crippen molar-refractivity contribution < 1.29 is 14.7 Å². The van der Waals surface area contributed by atoms with Gasteiger partial charge >= 0.3 is 5.97 Å². The fourth-order valence-corrected chi connectivity index (χ4v) is 1.30. The molecule has 0 aromatic carbocycles. The van der Waals surface area contributed by atoms with Gasteiger partial charge in [0.15, 0.2) is 0 Å². The first kappa shape index (κ1) is 11.0. The van der Waals surface area contributed by atoms with E-state index in [-0.39, 0.29) is 17.7 Å². The number of carbonyl (C=O) groups excluding carboxylic acids is 1. The second kappa shape index (κ2) is 4.44. The molecule has 80 valence electrons. The zero-order valence-corrected chi connectivity index (χ0v) is 8.62. The summed E-state index contributed by atoms with van der Waals surface area (Å²) >= 11 is 0. The highest BCUT2D eigenvalue weighted by atomic mass is 16.4. The Labute approximate surface area is 83.7 Å². The molecule has 0 heterocycles. The highest BCUT2D eigenvalue weighted by molar-refractivity contribution is 5.86. The molecule has 1 fully saturated rings. The van der Waals surface area contributed by atoms with Gasteiger partial charge in [-0.2, -0.15) is 0 Å². The number of carboxylic acid groups (broad SMARTS) is 1. The number of hydrogen-bond donors (Lipinski definition) is 2. The van der Waals surface area contributed by atoms with Crippen molar-refractivity contribution in [2.75, 3.05) is 0 Å². The second-order valence-electron chi connectivity index (χ2n) is 3.98. The summed E-state index contributed by atoms with van der Waals surface area (Å²) in [6, 6.07) is -0.729. The number of nitrogens with one attached hydrogen (secondary N) is 1. The Morgan fingerprint density at radius 2 is 2.07 bits per heavy atom. The van der Waals surface area contributed by atoms with Gasteiger partial charge < -0.3 is 10.4 Å². The van der Waals surface area contributed by atoms with Crippen molar-refractivity contribution in [1.29, 1.82) is 0 Å². The number of rotatable bonds is 5. The van der Waals surface area contributed by atoms with Crippen molar-refractivity contribution in [3.63, 3.8) is 0 Å². The molecule has 4 heteroatoms. The molecule has 0 spiro atoms. The molecule has 0 radical (unpaired) electrons. The van der Waals surface area contributed by atoms with Crippen LogP contribution >= 0.6 is 0 Å². The molecule has 2 atom stereocenters. The summed E-state index contributed by atoms with van der Waals surface area (Å²) < 4.78 is 0. The number of carboxylic acids is 1. The van der Waals surface area contributed by atoms with Crippen LogP contribution < -0.4 is 5.32 Å². The summed E-state index contributed by atoms with van der Waals surface area (Å²) in [6.45, 7) is 3.76. The van der Waals surface area contributed by atoms with Crippen molar-refractivity contribution in [3.8, 4) is 0 Å². The quantitative estimate of drug-likeness (QED) is 0.694. The van der Waals surface area contributed by atoms with Crippen LogP contribution in [0.25, 0.3) is 0 Å². The van der Waals surface area contributed by atoms with Gasteiger partial charge in [-0.05, 0) is 18.8 Å². The van der Waals surface area contributed by atoms with Crippen LogP contribution in [0.3, 0.4) is 0 Å². The minimum Gasteiger partial charge on any atom is -0.480 e. The van der Waals surface area contributed by atoms with Crippen molar-refractivity contribution >= 4 is 11.9 Å². The first-order valence-electron chi connectivity index (χ1n) is 5.09. The van der Waals surface area contributed by atoms with Crippen LogP contribution in [-0.2, 0) is 9.59 Å². The third kappa shape index (κ3) is 2.72. The molecule has 1 aliphatic rings. The smallest absolute Gasteiger partial charge is 0.326 e. The molecule has 0 unspecified atom stereocenters.